The number of para-hydroxylation sites is 1. The van der Waals surface area contributed by atoms with Crippen LogP contribution in [-0.4, -0.2) is 36.1 Å². The fraction of sp³-hybridized carbons (Fsp3) is 0.143. The minimum Gasteiger partial charge on any atom is -0.496 e. The normalized spacial score (nSPS) is 10.1. The number of esters is 1. The van der Waals surface area contributed by atoms with Gasteiger partial charge >= 0.3 is 5.97 Å². The summed E-state index contributed by atoms with van der Waals surface area (Å²) >= 11 is 0. The van der Waals surface area contributed by atoms with E-state index < -0.39 is 5.97 Å². The summed E-state index contributed by atoms with van der Waals surface area (Å²) < 4.78 is 9.98. The Balaban J connectivity index is 1.62. The molecule has 2 aromatic carbocycles. The van der Waals surface area contributed by atoms with Crippen LogP contribution in [0.5, 0.6) is 5.75 Å². The summed E-state index contributed by atoms with van der Waals surface area (Å²) in [6.07, 6.45) is 2.86. The van der Waals surface area contributed by atoms with Crippen molar-refractivity contribution < 1.29 is 19.1 Å². The number of nitrogens with one attached hydrogen (secondary N) is 2. The third-order valence-corrected chi connectivity index (χ3v) is 4.09. The molecule has 0 unspecified atom stereocenters. The van der Waals surface area contributed by atoms with Gasteiger partial charge in [0, 0.05) is 30.2 Å². The second-order valence-electron chi connectivity index (χ2n) is 5.99. The Morgan fingerprint density at radius 1 is 0.966 bits per heavy atom. The van der Waals surface area contributed by atoms with E-state index in [0.717, 1.165) is 5.56 Å². The van der Waals surface area contributed by atoms with Crippen LogP contribution in [0.1, 0.15) is 26.3 Å². The molecule has 8 heteroatoms. The van der Waals surface area contributed by atoms with Gasteiger partial charge in [-0.25, -0.2) is 14.8 Å². The second kappa shape index (κ2) is 9.32. The smallest absolute Gasteiger partial charge is 0.337 e. The monoisotopic (exact) mass is 392 g/mol. The van der Waals surface area contributed by atoms with Crippen molar-refractivity contribution in [3.05, 3.63) is 77.6 Å². The van der Waals surface area contributed by atoms with E-state index in [-0.39, 0.29) is 5.91 Å². The fourth-order valence-corrected chi connectivity index (χ4v) is 2.61. The van der Waals surface area contributed by atoms with Gasteiger partial charge in [-0.1, -0.05) is 24.3 Å². The van der Waals surface area contributed by atoms with E-state index in [2.05, 4.69) is 20.6 Å². The van der Waals surface area contributed by atoms with Gasteiger partial charge in [0.2, 0.25) is 5.95 Å². The molecule has 0 aliphatic carbocycles. The first kappa shape index (κ1) is 19.8. The predicted octanol–water partition coefficient (Wildman–Crippen LogP) is 2.95. The van der Waals surface area contributed by atoms with Crippen molar-refractivity contribution in [2.45, 2.75) is 6.54 Å². The van der Waals surface area contributed by atoms with Crippen LogP contribution in [0.15, 0.2) is 60.9 Å². The topological polar surface area (TPSA) is 102 Å². The Kier molecular flexibility index (Phi) is 6.36. The van der Waals surface area contributed by atoms with E-state index >= 15 is 0 Å². The highest BCUT2D eigenvalue weighted by Gasteiger charge is 2.10. The molecule has 0 saturated carbocycles. The Labute approximate surface area is 167 Å². The van der Waals surface area contributed by atoms with Crippen LogP contribution in [0.3, 0.4) is 0 Å². The number of carbonyl (C=O) groups excluding carboxylic acids is 2. The van der Waals surface area contributed by atoms with Crippen LogP contribution in [-0.2, 0) is 11.3 Å². The van der Waals surface area contributed by atoms with Crippen molar-refractivity contribution >= 4 is 23.5 Å². The van der Waals surface area contributed by atoms with Gasteiger partial charge in [0.1, 0.15) is 5.75 Å². The highest BCUT2D eigenvalue weighted by molar-refractivity contribution is 5.93. The zero-order chi connectivity index (χ0) is 20.6. The maximum Gasteiger partial charge on any atom is 0.337 e. The lowest BCUT2D eigenvalue weighted by atomic mass is 10.2. The summed E-state index contributed by atoms with van der Waals surface area (Å²) in [6, 6.07) is 14.2. The van der Waals surface area contributed by atoms with Crippen molar-refractivity contribution in [2.75, 3.05) is 19.5 Å². The predicted molar refractivity (Wildman–Crippen MR) is 107 cm³/mol. The van der Waals surface area contributed by atoms with Crippen molar-refractivity contribution in [3.8, 4) is 5.75 Å². The van der Waals surface area contributed by atoms with E-state index in [1.165, 1.54) is 19.5 Å². The number of anilines is 2. The number of nitrogens with zero attached hydrogens (tertiary/aromatic N) is 2. The van der Waals surface area contributed by atoms with Crippen molar-refractivity contribution in [1.82, 2.24) is 15.3 Å². The highest BCUT2D eigenvalue weighted by atomic mass is 16.5. The highest BCUT2D eigenvalue weighted by Crippen LogP contribution is 2.17. The van der Waals surface area contributed by atoms with Gasteiger partial charge in [0.05, 0.1) is 25.3 Å². The Bertz CT molecular complexity index is 1010. The second-order valence-corrected chi connectivity index (χ2v) is 5.99. The number of ether oxygens (including phenoxy) is 2. The van der Waals surface area contributed by atoms with E-state index in [1.54, 1.807) is 31.4 Å². The molecule has 0 atom stereocenters. The first-order valence-electron chi connectivity index (χ1n) is 8.78. The molecular weight excluding hydrogens is 372 g/mol. The molecule has 2 N–H and O–H groups in total. The van der Waals surface area contributed by atoms with Gasteiger partial charge < -0.3 is 20.1 Å². The van der Waals surface area contributed by atoms with Crippen LogP contribution in [0.25, 0.3) is 0 Å². The lowest BCUT2D eigenvalue weighted by Crippen LogP contribution is -2.23. The van der Waals surface area contributed by atoms with Gasteiger partial charge in [0.25, 0.3) is 5.91 Å². The van der Waals surface area contributed by atoms with Gasteiger partial charge in [-0.3, -0.25) is 4.79 Å². The molecule has 8 nitrogen and oxygen atoms in total. The molecule has 1 amide bonds. The van der Waals surface area contributed by atoms with E-state index in [4.69, 9.17) is 9.47 Å². The maximum absolute atomic E-state index is 12.3. The molecule has 0 radical (unpaired) electrons. The largest absolute Gasteiger partial charge is 0.496 e. The number of carbonyl (C=O) groups is 2. The van der Waals surface area contributed by atoms with Crippen LogP contribution >= 0.6 is 0 Å². The maximum atomic E-state index is 12.3. The van der Waals surface area contributed by atoms with Crippen LogP contribution < -0.4 is 15.4 Å². The van der Waals surface area contributed by atoms with Crippen molar-refractivity contribution in [1.29, 1.82) is 0 Å². The molecule has 29 heavy (non-hydrogen) atoms. The quantitative estimate of drug-likeness (QED) is 0.596. The van der Waals surface area contributed by atoms with Gasteiger partial charge in [-0.15, -0.1) is 0 Å². The molecule has 3 rings (SSSR count). The van der Waals surface area contributed by atoms with E-state index in [1.807, 2.05) is 24.3 Å². The van der Waals surface area contributed by atoms with Gasteiger partial charge in [-0.2, -0.15) is 0 Å². The van der Waals surface area contributed by atoms with E-state index in [0.29, 0.717) is 35.1 Å². The lowest BCUT2D eigenvalue weighted by Gasteiger charge is -2.10. The minimum atomic E-state index is -0.434. The third kappa shape index (κ3) is 5.07. The summed E-state index contributed by atoms with van der Waals surface area (Å²) in [5, 5.41) is 5.80. The molecular formula is C21H20N4O4. The van der Waals surface area contributed by atoms with Gasteiger partial charge in [0.15, 0.2) is 0 Å². The Morgan fingerprint density at radius 2 is 1.72 bits per heavy atom. The molecule has 0 aliphatic heterocycles. The molecule has 0 saturated heterocycles. The molecule has 3 aromatic rings. The third-order valence-electron chi connectivity index (χ3n) is 4.09. The zero-order valence-corrected chi connectivity index (χ0v) is 16.0. The molecule has 1 heterocycles. The van der Waals surface area contributed by atoms with Crippen LogP contribution in [0.4, 0.5) is 11.6 Å². The van der Waals surface area contributed by atoms with Crippen molar-refractivity contribution in [3.63, 3.8) is 0 Å². The average molecular weight is 392 g/mol. The number of rotatable bonds is 7. The molecule has 0 fully saturated rings. The van der Waals surface area contributed by atoms with Crippen LogP contribution in [0.2, 0.25) is 0 Å². The standard InChI is InChI=1S/C21H20N4O4/c1-28-18-9-4-3-6-15(18)11-22-19(26)16-12-23-21(24-13-16)25-17-8-5-7-14(10-17)20(27)29-2/h3-10,12-13H,11H2,1-2H3,(H,22,26)(H,23,24,25). The number of hydrogen-bond donors (Lipinski definition) is 2. The Hall–Kier alpha value is -3.94. The summed E-state index contributed by atoms with van der Waals surface area (Å²) in [5.41, 5.74) is 2.23. The number of hydrogen-bond acceptors (Lipinski definition) is 7. The molecule has 0 bridgehead atoms. The number of methoxy groups -OCH3 is 2. The summed E-state index contributed by atoms with van der Waals surface area (Å²) in [5.74, 6) is 0.276. The fourth-order valence-electron chi connectivity index (χ4n) is 2.61. The molecule has 0 aliphatic rings. The van der Waals surface area contributed by atoms with E-state index in [9.17, 15) is 9.59 Å². The van der Waals surface area contributed by atoms with Crippen LogP contribution in [0, 0.1) is 0 Å². The lowest BCUT2D eigenvalue weighted by molar-refractivity contribution is 0.0600. The average Bonchev–Trinajstić information content (AvgIpc) is 2.77. The Morgan fingerprint density at radius 3 is 2.45 bits per heavy atom. The first-order valence-corrected chi connectivity index (χ1v) is 8.78. The molecule has 148 valence electrons. The summed E-state index contributed by atoms with van der Waals surface area (Å²) in [6.45, 7) is 0.323. The summed E-state index contributed by atoms with van der Waals surface area (Å²) in [7, 11) is 2.91. The van der Waals surface area contributed by atoms with Crippen molar-refractivity contribution in [2.24, 2.45) is 0 Å². The zero-order valence-electron chi connectivity index (χ0n) is 16.0. The first-order chi connectivity index (χ1) is 14.1. The van der Waals surface area contributed by atoms with Gasteiger partial charge in [-0.05, 0) is 24.3 Å². The number of amides is 1. The summed E-state index contributed by atoms with van der Waals surface area (Å²) in [4.78, 5) is 32.3. The minimum absolute atomic E-state index is 0.296. The SMILES string of the molecule is COC(=O)c1cccc(Nc2ncc(C(=O)NCc3ccccc3OC)cn2)c1. The molecule has 1 aromatic heterocycles. The molecule has 0 spiro atoms. The number of aromatic nitrogens is 2. The number of benzene rings is 2.